The minimum Gasteiger partial charge on any atom is -0.466 e. The van der Waals surface area contributed by atoms with Crippen molar-refractivity contribution in [2.75, 3.05) is 11.4 Å². The number of aryl methyl sites for hydroxylation is 2. The standard InChI is InChI=1S/C17H19NO2S/c1-11-10-14(13(3)20-11)17(19)18-9-8-12(2)21-16-7-5-4-6-15(16)18/h4-7,10,12H,8-9H2,1-3H3/t12-/m0/s1. The fourth-order valence-corrected chi connectivity index (χ4v) is 3.80. The molecule has 0 aliphatic carbocycles. The summed E-state index contributed by atoms with van der Waals surface area (Å²) in [7, 11) is 0. The molecule has 21 heavy (non-hydrogen) atoms. The van der Waals surface area contributed by atoms with E-state index in [-0.39, 0.29) is 5.91 Å². The predicted octanol–water partition coefficient (Wildman–Crippen LogP) is 4.43. The van der Waals surface area contributed by atoms with Crippen LogP contribution >= 0.6 is 11.8 Å². The molecule has 3 nitrogen and oxygen atoms in total. The van der Waals surface area contributed by atoms with Crippen molar-refractivity contribution in [1.82, 2.24) is 0 Å². The first kappa shape index (κ1) is 14.3. The van der Waals surface area contributed by atoms with Crippen molar-refractivity contribution in [3.05, 3.63) is 47.4 Å². The zero-order valence-electron chi connectivity index (χ0n) is 12.6. The molecular formula is C17H19NO2S. The number of hydrogen-bond acceptors (Lipinski definition) is 3. The third-order valence-corrected chi connectivity index (χ3v) is 5.00. The van der Waals surface area contributed by atoms with E-state index in [0.29, 0.717) is 16.6 Å². The van der Waals surface area contributed by atoms with Gasteiger partial charge in [-0.1, -0.05) is 19.1 Å². The van der Waals surface area contributed by atoms with Crippen LogP contribution in [0.25, 0.3) is 0 Å². The van der Waals surface area contributed by atoms with E-state index >= 15 is 0 Å². The van der Waals surface area contributed by atoms with Gasteiger partial charge in [0.05, 0.1) is 11.3 Å². The number of amides is 1. The van der Waals surface area contributed by atoms with Crippen LogP contribution in [0.15, 0.2) is 39.6 Å². The van der Waals surface area contributed by atoms with Gasteiger partial charge in [0.2, 0.25) is 0 Å². The van der Waals surface area contributed by atoms with Crippen LogP contribution in [0.3, 0.4) is 0 Å². The quantitative estimate of drug-likeness (QED) is 0.781. The van der Waals surface area contributed by atoms with Gasteiger partial charge in [0.15, 0.2) is 0 Å². The smallest absolute Gasteiger partial charge is 0.261 e. The average molecular weight is 301 g/mol. The Kier molecular flexibility index (Phi) is 3.81. The normalized spacial score (nSPS) is 18.2. The number of hydrogen-bond donors (Lipinski definition) is 0. The molecule has 1 aliphatic heterocycles. The highest BCUT2D eigenvalue weighted by Crippen LogP contribution is 2.38. The SMILES string of the molecule is Cc1cc(C(=O)N2CC[C@H](C)Sc3ccccc32)c(C)o1. The summed E-state index contributed by atoms with van der Waals surface area (Å²) in [6.07, 6.45) is 0.987. The summed E-state index contributed by atoms with van der Waals surface area (Å²) in [4.78, 5) is 16.0. The predicted molar refractivity (Wildman–Crippen MR) is 86.2 cm³/mol. The molecule has 0 fully saturated rings. The third-order valence-electron chi connectivity index (χ3n) is 3.76. The van der Waals surface area contributed by atoms with Gasteiger partial charge >= 0.3 is 0 Å². The molecule has 0 saturated carbocycles. The second kappa shape index (κ2) is 5.60. The average Bonchev–Trinajstić information content (AvgIpc) is 2.69. The Morgan fingerprint density at radius 1 is 1.33 bits per heavy atom. The summed E-state index contributed by atoms with van der Waals surface area (Å²) in [6.45, 7) is 6.68. The van der Waals surface area contributed by atoms with E-state index in [9.17, 15) is 4.79 Å². The minimum absolute atomic E-state index is 0.0338. The maximum absolute atomic E-state index is 12.9. The second-order valence-electron chi connectivity index (χ2n) is 5.47. The minimum atomic E-state index is 0.0338. The largest absolute Gasteiger partial charge is 0.466 e. The molecule has 1 atom stereocenters. The monoisotopic (exact) mass is 301 g/mol. The van der Waals surface area contributed by atoms with Crippen molar-refractivity contribution in [2.45, 2.75) is 37.3 Å². The molecule has 1 aliphatic rings. The number of anilines is 1. The van der Waals surface area contributed by atoms with Gasteiger partial charge < -0.3 is 9.32 Å². The van der Waals surface area contributed by atoms with E-state index in [1.807, 2.05) is 54.8 Å². The highest BCUT2D eigenvalue weighted by Gasteiger charge is 2.26. The van der Waals surface area contributed by atoms with Crippen molar-refractivity contribution in [2.24, 2.45) is 0 Å². The first-order valence-electron chi connectivity index (χ1n) is 7.21. The lowest BCUT2D eigenvalue weighted by Gasteiger charge is -2.22. The van der Waals surface area contributed by atoms with E-state index in [1.165, 1.54) is 4.90 Å². The zero-order valence-corrected chi connectivity index (χ0v) is 13.4. The molecule has 2 heterocycles. The molecule has 0 N–H and O–H groups in total. The lowest BCUT2D eigenvalue weighted by molar-refractivity contribution is 0.0985. The van der Waals surface area contributed by atoms with Gasteiger partial charge in [-0.3, -0.25) is 4.79 Å². The van der Waals surface area contributed by atoms with E-state index < -0.39 is 0 Å². The summed E-state index contributed by atoms with van der Waals surface area (Å²) in [5.74, 6) is 1.51. The lowest BCUT2D eigenvalue weighted by atomic mass is 10.1. The molecule has 1 amide bonds. The van der Waals surface area contributed by atoms with Crippen LogP contribution in [0.1, 0.15) is 35.2 Å². The van der Waals surface area contributed by atoms with E-state index in [2.05, 4.69) is 13.0 Å². The van der Waals surface area contributed by atoms with Gasteiger partial charge in [-0.15, -0.1) is 11.8 Å². The van der Waals surface area contributed by atoms with Crippen molar-refractivity contribution in [3.63, 3.8) is 0 Å². The summed E-state index contributed by atoms with van der Waals surface area (Å²) in [5.41, 5.74) is 1.68. The van der Waals surface area contributed by atoms with Gasteiger partial charge in [-0.2, -0.15) is 0 Å². The number of benzene rings is 1. The molecule has 0 radical (unpaired) electrons. The Morgan fingerprint density at radius 3 is 2.81 bits per heavy atom. The molecule has 0 unspecified atom stereocenters. The molecule has 110 valence electrons. The van der Waals surface area contributed by atoms with Crippen LogP contribution < -0.4 is 4.90 Å². The first-order chi connectivity index (χ1) is 10.1. The maximum atomic E-state index is 12.9. The first-order valence-corrected chi connectivity index (χ1v) is 8.09. The number of rotatable bonds is 1. The van der Waals surface area contributed by atoms with Crippen LogP contribution in [-0.4, -0.2) is 17.7 Å². The number of nitrogens with zero attached hydrogens (tertiary/aromatic N) is 1. The Hall–Kier alpha value is -1.68. The fraction of sp³-hybridized carbons (Fsp3) is 0.353. The van der Waals surface area contributed by atoms with Gasteiger partial charge in [0.25, 0.3) is 5.91 Å². The number of furan rings is 1. The molecule has 0 saturated heterocycles. The van der Waals surface area contributed by atoms with Crippen molar-refractivity contribution in [1.29, 1.82) is 0 Å². The van der Waals surface area contributed by atoms with Crippen molar-refractivity contribution >= 4 is 23.4 Å². The van der Waals surface area contributed by atoms with Gasteiger partial charge in [-0.25, -0.2) is 0 Å². The van der Waals surface area contributed by atoms with E-state index in [4.69, 9.17) is 4.42 Å². The molecule has 3 rings (SSSR count). The zero-order chi connectivity index (χ0) is 15.0. The summed E-state index contributed by atoms with van der Waals surface area (Å²) in [6, 6.07) is 9.97. The number of thioether (sulfide) groups is 1. The second-order valence-corrected chi connectivity index (χ2v) is 6.95. The highest BCUT2D eigenvalue weighted by atomic mass is 32.2. The van der Waals surface area contributed by atoms with E-state index in [0.717, 1.165) is 24.4 Å². The summed E-state index contributed by atoms with van der Waals surface area (Å²) < 4.78 is 5.51. The van der Waals surface area contributed by atoms with Crippen LogP contribution in [0.5, 0.6) is 0 Å². The Morgan fingerprint density at radius 2 is 2.10 bits per heavy atom. The molecule has 0 spiro atoms. The molecule has 1 aromatic carbocycles. The Labute approximate surface area is 129 Å². The van der Waals surface area contributed by atoms with Gasteiger partial charge in [-0.05, 0) is 38.5 Å². The van der Waals surface area contributed by atoms with Crippen LogP contribution in [0.2, 0.25) is 0 Å². The van der Waals surface area contributed by atoms with Crippen LogP contribution in [0, 0.1) is 13.8 Å². The topological polar surface area (TPSA) is 33.5 Å². The Balaban J connectivity index is 2.02. The molecule has 4 heteroatoms. The molecule has 2 aromatic rings. The third kappa shape index (κ3) is 2.72. The van der Waals surface area contributed by atoms with Gasteiger partial charge in [0, 0.05) is 16.7 Å². The van der Waals surface area contributed by atoms with Gasteiger partial charge in [0.1, 0.15) is 11.5 Å². The fourth-order valence-electron chi connectivity index (χ4n) is 2.69. The number of carbonyl (C=O) groups is 1. The molecule has 1 aromatic heterocycles. The number of para-hydroxylation sites is 1. The lowest BCUT2D eigenvalue weighted by Crippen LogP contribution is -2.32. The molecular weight excluding hydrogens is 282 g/mol. The summed E-state index contributed by atoms with van der Waals surface area (Å²) >= 11 is 1.84. The maximum Gasteiger partial charge on any atom is 0.261 e. The van der Waals surface area contributed by atoms with Crippen LogP contribution in [0.4, 0.5) is 5.69 Å². The van der Waals surface area contributed by atoms with E-state index in [1.54, 1.807) is 0 Å². The number of carbonyl (C=O) groups excluding carboxylic acids is 1. The summed E-state index contributed by atoms with van der Waals surface area (Å²) in [5, 5.41) is 0.510. The molecule has 0 bridgehead atoms. The van der Waals surface area contributed by atoms with Crippen molar-refractivity contribution in [3.8, 4) is 0 Å². The number of fused-ring (bicyclic) bond motifs is 1. The Bertz CT molecular complexity index is 677. The highest BCUT2D eigenvalue weighted by molar-refractivity contribution is 8.00. The van der Waals surface area contributed by atoms with Crippen LogP contribution in [-0.2, 0) is 0 Å². The van der Waals surface area contributed by atoms with Crippen molar-refractivity contribution < 1.29 is 9.21 Å².